The molecule has 2 amide bonds. The molecular formula is C51H57N11O5. The van der Waals surface area contributed by atoms with Crippen LogP contribution in [0.1, 0.15) is 97.4 Å². The molecule has 346 valence electrons. The summed E-state index contributed by atoms with van der Waals surface area (Å²) in [5, 5.41) is 19.0. The molecule has 0 fully saturated rings. The lowest BCUT2D eigenvalue weighted by Crippen LogP contribution is -2.47. The molecule has 8 rings (SSSR count). The zero-order valence-electron chi connectivity index (χ0n) is 38.3. The van der Waals surface area contributed by atoms with E-state index in [2.05, 4.69) is 59.9 Å². The van der Waals surface area contributed by atoms with Crippen molar-refractivity contribution in [2.24, 2.45) is 5.73 Å². The highest BCUT2D eigenvalue weighted by atomic mass is 16.5. The number of aryl methyl sites for hydroxylation is 3. The van der Waals surface area contributed by atoms with Gasteiger partial charge >= 0.3 is 5.97 Å². The number of carbonyl (C=O) groups excluding carboxylic acids is 2. The molecule has 0 radical (unpaired) electrons. The molecule has 9 N–H and O–H groups in total. The number of pyridine rings is 1. The van der Waals surface area contributed by atoms with Crippen LogP contribution in [0.4, 0.5) is 5.69 Å². The van der Waals surface area contributed by atoms with E-state index < -0.39 is 12.0 Å². The van der Waals surface area contributed by atoms with E-state index >= 15 is 0 Å². The van der Waals surface area contributed by atoms with Gasteiger partial charge in [-0.1, -0.05) is 12.1 Å². The maximum absolute atomic E-state index is 13.8. The molecule has 7 heterocycles. The van der Waals surface area contributed by atoms with E-state index in [1.54, 1.807) is 12.5 Å². The molecule has 0 saturated carbocycles. The Morgan fingerprint density at radius 2 is 1.67 bits per heavy atom. The van der Waals surface area contributed by atoms with Crippen molar-refractivity contribution in [2.75, 3.05) is 25.0 Å². The summed E-state index contributed by atoms with van der Waals surface area (Å²) in [6.07, 6.45) is 7.97. The number of aliphatic carboxylic acids is 1. The molecule has 1 aromatic carbocycles. The predicted octanol–water partition coefficient (Wildman–Crippen LogP) is 7.91. The monoisotopic (exact) mass is 903 g/mol. The van der Waals surface area contributed by atoms with Gasteiger partial charge in [-0.2, -0.15) is 0 Å². The van der Waals surface area contributed by atoms with Gasteiger partial charge in [0.25, 0.3) is 0 Å². The smallest absolute Gasteiger partial charge is 0.303 e. The lowest BCUT2D eigenvalue weighted by molar-refractivity contribution is -0.136. The minimum absolute atomic E-state index is 0.0476. The first-order valence-electron chi connectivity index (χ1n) is 22.7. The highest BCUT2D eigenvalue weighted by molar-refractivity contribution is 5.94. The van der Waals surface area contributed by atoms with Crippen molar-refractivity contribution >= 4 is 79.5 Å². The number of aromatic amines is 3. The molecule has 8 bridgehead atoms. The average Bonchev–Trinajstić information content (AvgIpc) is 4.12. The molecule has 0 unspecified atom stereocenters. The van der Waals surface area contributed by atoms with Crippen molar-refractivity contribution in [1.29, 1.82) is 0 Å². The molecule has 0 aliphatic carbocycles. The first-order chi connectivity index (χ1) is 32.4. The highest BCUT2D eigenvalue weighted by Gasteiger charge is 2.23. The van der Waals surface area contributed by atoms with Crippen LogP contribution < -0.4 is 26.4 Å². The largest absolute Gasteiger partial charge is 0.492 e. The third kappa shape index (κ3) is 11.3. The zero-order valence-corrected chi connectivity index (χ0v) is 38.3. The number of unbranched alkanes of at least 4 members (excludes halogenated alkanes) is 1. The van der Waals surface area contributed by atoms with Crippen LogP contribution in [0.3, 0.4) is 0 Å². The third-order valence-electron chi connectivity index (χ3n) is 12.2. The first-order valence-corrected chi connectivity index (χ1v) is 22.7. The maximum atomic E-state index is 13.8. The lowest BCUT2D eigenvalue weighted by atomic mass is 10.0. The fraction of sp³-hybridized carbons (Fsp3) is 0.314. The van der Waals surface area contributed by atoms with Gasteiger partial charge in [-0.15, -0.1) is 0 Å². The van der Waals surface area contributed by atoms with Crippen LogP contribution in [-0.2, 0) is 27.3 Å². The van der Waals surface area contributed by atoms with Crippen molar-refractivity contribution in [3.63, 3.8) is 0 Å². The number of carboxylic acids is 1. The fourth-order valence-electron chi connectivity index (χ4n) is 8.44. The summed E-state index contributed by atoms with van der Waals surface area (Å²) >= 11 is 0. The van der Waals surface area contributed by atoms with E-state index in [1.807, 2.05) is 75.4 Å². The van der Waals surface area contributed by atoms with E-state index in [0.717, 1.165) is 95.7 Å². The summed E-state index contributed by atoms with van der Waals surface area (Å²) in [6.45, 7) is 9.65. The second-order valence-corrected chi connectivity index (χ2v) is 17.1. The normalized spacial score (nSPS) is 12.8. The molecule has 1 atom stereocenters. The van der Waals surface area contributed by atoms with Gasteiger partial charge in [0.15, 0.2) is 5.65 Å². The number of hydrogen-bond donors (Lipinski definition) is 8. The second kappa shape index (κ2) is 20.7. The van der Waals surface area contributed by atoms with E-state index in [0.29, 0.717) is 55.9 Å². The number of hydrogen-bond acceptors (Lipinski definition) is 10. The summed E-state index contributed by atoms with van der Waals surface area (Å²) in [5.74, 6) is -0.762. The SMILES string of the molecule is CC1=Cc2cc3nc(cc4[nH]c(cc5[nH]c(cc1n2)cc5C)c(C)c4CCC(=O)N[C@@H](CCCCN)C(=O)NCCOc1ccc(CNc2cnc4nc[nH]c4c2)cc1)C(CCC(=O)O)=C3C. The molecule has 5 aromatic heterocycles. The molecule has 67 heavy (non-hydrogen) atoms. The Morgan fingerprint density at radius 3 is 2.48 bits per heavy atom. The number of nitrogens with one attached hydrogen (secondary N) is 6. The van der Waals surface area contributed by atoms with E-state index in [1.165, 1.54) is 0 Å². The molecule has 2 aliphatic rings. The Kier molecular flexibility index (Phi) is 14.2. The molecular weight excluding hydrogens is 847 g/mol. The second-order valence-electron chi connectivity index (χ2n) is 17.1. The highest BCUT2D eigenvalue weighted by Crippen LogP contribution is 2.35. The summed E-state index contributed by atoms with van der Waals surface area (Å²) in [4.78, 5) is 67.7. The van der Waals surface area contributed by atoms with Gasteiger partial charge in [-0.25, -0.2) is 19.9 Å². The Morgan fingerprint density at radius 1 is 0.836 bits per heavy atom. The quantitative estimate of drug-likeness (QED) is 0.0363. The van der Waals surface area contributed by atoms with Gasteiger partial charge in [0.05, 0.1) is 53.0 Å². The summed E-state index contributed by atoms with van der Waals surface area (Å²) in [6, 6.07) is 19.0. The number of imidazole rings is 1. The number of benzene rings is 1. The predicted molar refractivity (Wildman–Crippen MR) is 263 cm³/mol. The number of nitrogens with two attached hydrogens (primary N) is 1. The average molecular weight is 904 g/mol. The molecule has 0 spiro atoms. The van der Waals surface area contributed by atoms with Gasteiger partial charge in [0, 0.05) is 41.5 Å². The third-order valence-corrected chi connectivity index (χ3v) is 12.2. The molecule has 0 saturated heterocycles. The van der Waals surface area contributed by atoms with E-state index in [-0.39, 0.29) is 37.8 Å². The van der Waals surface area contributed by atoms with E-state index in [9.17, 15) is 19.5 Å². The number of nitrogens with zero attached hydrogens (tertiary/aromatic N) is 4. The number of fused-ring (bicyclic) bond motifs is 9. The summed E-state index contributed by atoms with van der Waals surface area (Å²) in [7, 11) is 0. The van der Waals surface area contributed by atoms with Crippen LogP contribution >= 0.6 is 0 Å². The maximum Gasteiger partial charge on any atom is 0.303 e. The zero-order chi connectivity index (χ0) is 47.0. The standard InChI is InChI=1S/C51H57N11O5/c1-29-19-35-22-43-31(3)39(13-15-49(64)65)46(60-43)25-45-38(32(4)44(61-45)24-42-30(2)20-34(59-42)21-41(29)58-35)12-14-48(63)62-40(7-5-6-16-52)51(66)53-17-18-67-37-10-8-33(9-11-37)26-54-36-23-47-50(55-27-36)57-28-56-47/h8-11,19-25,27-28,40,54,59,61H,5-7,12-18,26,52H2,1-4H3,(H,53,66)(H,62,63)(H,64,65)(H,55,56,57)/t40-/m0/s1. The van der Waals surface area contributed by atoms with Crippen LogP contribution in [0.2, 0.25) is 0 Å². The number of carbonyl (C=O) groups is 3. The number of H-pyrrole nitrogens is 3. The number of allylic oxidation sites excluding steroid dienone is 3. The Hall–Kier alpha value is -7.59. The van der Waals surface area contributed by atoms with Gasteiger partial charge < -0.3 is 46.5 Å². The van der Waals surface area contributed by atoms with Crippen LogP contribution in [0.25, 0.3) is 56.0 Å². The van der Waals surface area contributed by atoms with E-state index in [4.69, 9.17) is 20.4 Å². The van der Waals surface area contributed by atoms with Crippen LogP contribution in [0, 0.1) is 13.8 Å². The van der Waals surface area contributed by atoms with Crippen molar-refractivity contribution in [3.8, 4) is 5.75 Å². The summed E-state index contributed by atoms with van der Waals surface area (Å²) in [5.41, 5.74) is 21.5. The van der Waals surface area contributed by atoms with Gasteiger partial charge in [-0.05, 0) is 160 Å². The number of aromatic nitrogens is 7. The number of anilines is 1. The molecule has 2 aliphatic heterocycles. The van der Waals surface area contributed by atoms with Crippen LogP contribution in [0.5, 0.6) is 5.75 Å². The fourth-order valence-corrected chi connectivity index (χ4v) is 8.44. The summed E-state index contributed by atoms with van der Waals surface area (Å²) < 4.78 is 5.93. The van der Waals surface area contributed by atoms with Crippen LogP contribution in [0.15, 0.2) is 73.2 Å². The lowest BCUT2D eigenvalue weighted by Gasteiger charge is -2.19. The van der Waals surface area contributed by atoms with Crippen molar-refractivity contribution < 1.29 is 24.2 Å². The van der Waals surface area contributed by atoms with Crippen molar-refractivity contribution in [3.05, 3.63) is 118 Å². The Balaban J connectivity index is 0.958. The number of amides is 2. The van der Waals surface area contributed by atoms with Gasteiger partial charge in [0.2, 0.25) is 11.8 Å². The van der Waals surface area contributed by atoms with Crippen LogP contribution in [-0.4, -0.2) is 83.5 Å². The number of ether oxygens (including phenoxy) is 1. The van der Waals surface area contributed by atoms with Gasteiger partial charge in [0.1, 0.15) is 18.4 Å². The Bertz CT molecular complexity index is 3050. The minimum Gasteiger partial charge on any atom is -0.492 e. The number of carboxylic acid groups (broad SMARTS) is 1. The molecule has 6 aromatic rings. The van der Waals surface area contributed by atoms with Gasteiger partial charge in [-0.3, -0.25) is 14.4 Å². The Labute approximate surface area is 388 Å². The van der Waals surface area contributed by atoms with Crippen molar-refractivity contribution in [1.82, 2.24) is 45.5 Å². The minimum atomic E-state index is -0.891. The number of rotatable bonds is 19. The first kappa shape index (κ1) is 46.0. The molecule has 16 heteroatoms. The molecule has 16 nitrogen and oxygen atoms in total. The van der Waals surface area contributed by atoms with Crippen molar-refractivity contribution in [2.45, 2.75) is 85.2 Å². The topological polar surface area (TPSA) is 242 Å².